The Hall–Kier alpha value is -4.13. The molecule has 7 nitrogen and oxygen atoms in total. The zero-order chi connectivity index (χ0) is 25.8. The van der Waals surface area contributed by atoms with E-state index in [1.54, 1.807) is 49.4 Å². The topological polar surface area (TPSA) is 88.1 Å². The number of rotatable bonds is 3. The van der Waals surface area contributed by atoms with Gasteiger partial charge in [-0.05, 0) is 47.4 Å². The van der Waals surface area contributed by atoms with E-state index in [0.29, 0.717) is 45.3 Å². The van der Waals surface area contributed by atoms with E-state index in [0.717, 1.165) is 5.56 Å². The van der Waals surface area contributed by atoms with Gasteiger partial charge in [0, 0.05) is 42.2 Å². The third-order valence-corrected chi connectivity index (χ3v) is 6.40. The van der Waals surface area contributed by atoms with Gasteiger partial charge in [-0.15, -0.1) is 0 Å². The molecular formula is C29H26O7. The predicted molar refractivity (Wildman–Crippen MR) is 131 cm³/mol. The fourth-order valence-electron chi connectivity index (χ4n) is 4.65. The SMILES string of the molecule is CCC(=O)Oc1ccc2c(c1)Oc1cc(OC(C)=O)ccc1C21OC(=O)c2ccc(C(C)(C)C)cc21. The largest absolute Gasteiger partial charge is 0.456 e. The first-order valence-electron chi connectivity index (χ1n) is 11.8. The number of carbonyl (C=O) groups excluding carboxylic acids is 3. The zero-order valence-electron chi connectivity index (χ0n) is 20.8. The first-order valence-corrected chi connectivity index (χ1v) is 11.8. The van der Waals surface area contributed by atoms with Crippen molar-refractivity contribution >= 4 is 17.9 Å². The molecule has 2 aliphatic heterocycles. The average molecular weight is 487 g/mol. The van der Waals surface area contributed by atoms with E-state index >= 15 is 0 Å². The standard InChI is InChI=1S/C29H26O7/c1-6-26(31)34-19-9-12-22-25(15-19)35-24-14-18(33-16(2)30)8-11-21(24)29(22)23-13-17(28(3,4)5)7-10-20(23)27(32)36-29/h7-15H,6H2,1-5H3. The molecule has 184 valence electrons. The molecule has 7 heteroatoms. The lowest BCUT2D eigenvalue weighted by atomic mass is 9.75. The molecule has 0 bridgehead atoms. The molecular weight excluding hydrogens is 460 g/mol. The van der Waals surface area contributed by atoms with E-state index in [9.17, 15) is 14.4 Å². The second-order valence-corrected chi connectivity index (χ2v) is 9.92. The Labute approximate surface area is 208 Å². The smallest absolute Gasteiger partial charge is 0.340 e. The summed E-state index contributed by atoms with van der Waals surface area (Å²) >= 11 is 0. The van der Waals surface area contributed by atoms with Gasteiger partial charge in [0.05, 0.1) is 5.56 Å². The molecule has 1 spiro atoms. The van der Waals surface area contributed by atoms with Gasteiger partial charge in [-0.25, -0.2) is 4.79 Å². The van der Waals surface area contributed by atoms with Gasteiger partial charge in [-0.1, -0.05) is 33.8 Å². The summed E-state index contributed by atoms with van der Waals surface area (Å²) in [4.78, 5) is 36.6. The number of benzene rings is 3. The average Bonchev–Trinajstić information content (AvgIpc) is 3.10. The zero-order valence-corrected chi connectivity index (χ0v) is 20.8. The molecule has 0 saturated heterocycles. The molecule has 2 aliphatic rings. The number of hydrogen-bond acceptors (Lipinski definition) is 7. The van der Waals surface area contributed by atoms with Crippen LogP contribution in [0.2, 0.25) is 0 Å². The van der Waals surface area contributed by atoms with Crippen LogP contribution in [0.25, 0.3) is 0 Å². The van der Waals surface area contributed by atoms with Crippen molar-refractivity contribution in [2.75, 3.05) is 0 Å². The van der Waals surface area contributed by atoms with Crippen LogP contribution in [0, 0.1) is 0 Å². The van der Waals surface area contributed by atoms with Crippen LogP contribution in [-0.2, 0) is 25.3 Å². The molecule has 0 saturated carbocycles. The van der Waals surface area contributed by atoms with Crippen molar-refractivity contribution in [2.24, 2.45) is 0 Å². The minimum atomic E-state index is -1.29. The number of esters is 3. The Morgan fingerprint density at radius 3 is 2.03 bits per heavy atom. The highest BCUT2D eigenvalue weighted by molar-refractivity contribution is 5.97. The minimum absolute atomic E-state index is 0.171. The monoisotopic (exact) mass is 486 g/mol. The molecule has 0 radical (unpaired) electrons. The van der Waals surface area contributed by atoms with Crippen molar-refractivity contribution in [2.45, 2.75) is 52.1 Å². The van der Waals surface area contributed by atoms with E-state index < -0.39 is 17.5 Å². The summed E-state index contributed by atoms with van der Waals surface area (Å²) in [6, 6.07) is 15.7. The van der Waals surface area contributed by atoms with Crippen LogP contribution in [0.4, 0.5) is 0 Å². The molecule has 3 aromatic carbocycles. The second kappa shape index (κ2) is 8.22. The third kappa shape index (κ3) is 3.71. The first-order chi connectivity index (χ1) is 17.0. The Kier molecular flexibility index (Phi) is 5.39. The Balaban J connectivity index is 1.77. The molecule has 0 amide bonds. The van der Waals surface area contributed by atoms with Crippen molar-refractivity contribution in [3.63, 3.8) is 0 Å². The first kappa shape index (κ1) is 23.6. The van der Waals surface area contributed by atoms with Gasteiger partial charge in [0.15, 0.2) is 5.60 Å². The molecule has 0 fully saturated rings. The fraction of sp³-hybridized carbons (Fsp3) is 0.276. The van der Waals surface area contributed by atoms with Gasteiger partial charge in [0.2, 0.25) is 0 Å². The van der Waals surface area contributed by atoms with Crippen molar-refractivity contribution in [1.29, 1.82) is 0 Å². The van der Waals surface area contributed by atoms with Gasteiger partial charge in [0.1, 0.15) is 23.0 Å². The number of ether oxygens (including phenoxy) is 4. The summed E-state index contributed by atoms with van der Waals surface area (Å²) in [5.74, 6) is 0.0276. The maximum atomic E-state index is 13.2. The van der Waals surface area contributed by atoms with Gasteiger partial charge < -0.3 is 18.9 Å². The lowest BCUT2D eigenvalue weighted by Crippen LogP contribution is -2.33. The molecule has 0 N–H and O–H groups in total. The summed E-state index contributed by atoms with van der Waals surface area (Å²) in [6.07, 6.45) is 0.219. The van der Waals surface area contributed by atoms with Crippen molar-refractivity contribution < 1.29 is 33.3 Å². The maximum absolute atomic E-state index is 13.2. The van der Waals surface area contributed by atoms with Crippen LogP contribution in [0.1, 0.15) is 73.7 Å². The molecule has 5 rings (SSSR count). The lowest BCUT2D eigenvalue weighted by molar-refractivity contribution is -0.134. The maximum Gasteiger partial charge on any atom is 0.340 e. The fourth-order valence-corrected chi connectivity index (χ4v) is 4.65. The van der Waals surface area contributed by atoms with E-state index in [1.807, 2.05) is 12.1 Å². The Morgan fingerprint density at radius 2 is 1.47 bits per heavy atom. The molecule has 36 heavy (non-hydrogen) atoms. The van der Waals surface area contributed by atoms with Crippen LogP contribution in [0.15, 0.2) is 54.6 Å². The summed E-state index contributed by atoms with van der Waals surface area (Å²) in [5, 5.41) is 0. The van der Waals surface area contributed by atoms with Crippen molar-refractivity contribution in [3.8, 4) is 23.0 Å². The summed E-state index contributed by atoms with van der Waals surface area (Å²) in [7, 11) is 0. The Morgan fingerprint density at radius 1 is 0.861 bits per heavy atom. The van der Waals surface area contributed by atoms with E-state index in [4.69, 9.17) is 18.9 Å². The normalized spacial score (nSPS) is 17.4. The number of carbonyl (C=O) groups is 3. The molecule has 1 unspecified atom stereocenters. The van der Waals surface area contributed by atoms with Crippen LogP contribution in [0.3, 0.4) is 0 Å². The molecule has 0 aliphatic carbocycles. The lowest BCUT2D eigenvalue weighted by Gasteiger charge is -2.37. The molecule has 0 aromatic heterocycles. The van der Waals surface area contributed by atoms with E-state index in [1.165, 1.54) is 6.92 Å². The number of fused-ring (bicyclic) bond motifs is 6. The van der Waals surface area contributed by atoms with Gasteiger partial charge in [-0.2, -0.15) is 0 Å². The third-order valence-electron chi connectivity index (χ3n) is 6.40. The van der Waals surface area contributed by atoms with E-state index in [2.05, 4.69) is 20.8 Å². The van der Waals surface area contributed by atoms with Crippen LogP contribution < -0.4 is 14.2 Å². The van der Waals surface area contributed by atoms with Crippen molar-refractivity contribution in [1.82, 2.24) is 0 Å². The predicted octanol–water partition coefficient (Wildman–Crippen LogP) is 5.79. The van der Waals surface area contributed by atoms with Gasteiger partial charge in [-0.3, -0.25) is 9.59 Å². The molecule has 3 aromatic rings. The van der Waals surface area contributed by atoms with Gasteiger partial charge >= 0.3 is 17.9 Å². The highest BCUT2D eigenvalue weighted by Crippen LogP contribution is 2.57. The Bertz CT molecular complexity index is 1430. The van der Waals surface area contributed by atoms with Gasteiger partial charge in [0.25, 0.3) is 0 Å². The summed E-state index contributed by atoms with van der Waals surface area (Å²) in [5.41, 5.74) is 1.94. The second-order valence-electron chi connectivity index (χ2n) is 9.92. The van der Waals surface area contributed by atoms with Crippen LogP contribution >= 0.6 is 0 Å². The highest BCUT2D eigenvalue weighted by atomic mass is 16.6. The summed E-state index contributed by atoms with van der Waals surface area (Å²) in [6.45, 7) is 9.33. The number of hydrogen-bond donors (Lipinski definition) is 0. The quantitative estimate of drug-likeness (QED) is 0.342. The van der Waals surface area contributed by atoms with Crippen molar-refractivity contribution in [3.05, 3.63) is 82.4 Å². The minimum Gasteiger partial charge on any atom is -0.456 e. The van der Waals surface area contributed by atoms with E-state index in [-0.39, 0.29) is 17.8 Å². The van der Waals surface area contributed by atoms with Crippen LogP contribution in [0.5, 0.6) is 23.0 Å². The molecule has 2 heterocycles. The summed E-state index contributed by atoms with van der Waals surface area (Å²) < 4.78 is 23.1. The molecule has 1 atom stereocenters. The van der Waals surface area contributed by atoms with Crippen LogP contribution in [-0.4, -0.2) is 17.9 Å². The highest BCUT2D eigenvalue weighted by Gasteiger charge is 2.54.